The molecule has 0 saturated heterocycles. The van der Waals surface area contributed by atoms with Crippen molar-refractivity contribution in [3.63, 3.8) is 0 Å². The smallest absolute Gasteiger partial charge is 0.141 e. The highest BCUT2D eigenvalue weighted by atomic mass is 35.5. The van der Waals surface area contributed by atoms with Crippen LogP contribution in [0, 0.1) is 6.92 Å². The van der Waals surface area contributed by atoms with E-state index in [1.165, 1.54) is 0 Å². The largest absolute Gasteiger partial charge is 0.506 e. The Morgan fingerprint density at radius 3 is 2.83 bits per heavy atom. The van der Waals surface area contributed by atoms with Crippen LogP contribution in [0.1, 0.15) is 22.6 Å². The first-order valence-corrected chi connectivity index (χ1v) is 6.04. The topological polar surface area (TPSA) is 46.0 Å². The van der Waals surface area contributed by atoms with Crippen molar-refractivity contribution in [2.24, 2.45) is 0 Å². The van der Waals surface area contributed by atoms with Gasteiger partial charge in [0.05, 0.1) is 5.69 Å². The first-order valence-electron chi connectivity index (χ1n) is 5.66. The second-order valence-corrected chi connectivity index (χ2v) is 4.73. The maximum absolute atomic E-state index is 9.85. The Hall–Kier alpha value is -1.87. The summed E-state index contributed by atoms with van der Waals surface area (Å²) in [7, 11) is 0. The molecule has 1 aliphatic carbocycles. The third-order valence-corrected chi connectivity index (χ3v) is 3.20. The molecular formula is C14H11ClN2O. The van der Waals surface area contributed by atoms with Crippen molar-refractivity contribution in [1.29, 1.82) is 0 Å². The van der Waals surface area contributed by atoms with Crippen molar-refractivity contribution in [3.8, 4) is 5.75 Å². The highest BCUT2D eigenvalue weighted by Gasteiger charge is 2.18. The van der Waals surface area contributed by atoms with E-state index in [2.05, 4.69) is 16.0 Å². The van der Waals surface area contributed by atoms with Crippen molar-refractivity contribution in [1.82, 2.24) is 9.97 Å². The molecule has 0 radical (unpaired) electrons. The SMILES string of the molecule is Cc1ccc2c(n1)C=C(c1nc(Cl)ccc1O)C2. The van der Waals surface area contributed by atoms with Gasteiger partial charge in [-0.05, 0) is 42.3 Å². The standard InChI is InChI=1S/C14H11ClN2O/c1-8-2-3-9-6-10(7-11(9)16-8)14-12(18)4-5-13(15)17-14/h2-5,7,18H,6H2,1H3. The Labute approximate surface area is 110 Å². The first kappa shape index (κ1) is 11.2. The van der Waals surface area contributed by atoms with Crippen LogP contribution in [0.25, 0.3) is 11.6 Å². The minimum absolute atomic E-state index is 0.148. The Morgan fingerprint density at radius 1 is 1.17 bits per heavy atom. The molecule has 0 unspecified atom stereocenters. The van der Waals surface area contributed by atoms with Crippen LogP contribution in [0.5, 0.6) is 5.75 Å². The molecule has 90 valence electrons. The van der Waals surface area contributed by atoms with Crippen LogP contribution >= 0.6 is 11.6 Å². The summed E-state index contributed by atoms with van der Waals surface area (Å²) in [5.41, 5.74) is 4.57. The molecule has 0 saturated carbocycles. The molecule has 0 aliphatic heterocycles. The fraction of sp³-hybridized carbons (Fsp3) is 0.143. The fourth-order valence-electron chi connectivity index (χ4n) is 2.12. The van der Waals surface area contributed by atoms with E-state index in [-0.39, 0.29) is 5.75 Å². The van der Waals surface area contributed by atoms with Gasteiger partial charge in [0.15, 0.2) is 0 Å². The van der Waals surface area contributed by atoms with E-state index in [1.807, 2.05) is 19.1 Å². The van der Waals surface area contributed by atoms with E-state index in [9.17, 15) is 5.11 Å². The number of aryl methyl sites for hydroxylation is 1. The Kier molecular flexibility index (Phi) is 2.56. The van der Waals surface area contributed by atoms with E-state index in [0.29, 0.717) is 10.8 Å². The lowest BCUT2D eigenvalue weighted by Gasteiger charge is -2.04. The summed E-state index contributed by atoms with van der Waals surface area (Å²) in [5, 5.41) is 10.2. The summed E-state index contributed by atoms with van der Waals surface area (Å²) in [5.74, 6) is 0.148. The summed E-state index contributed by atoms with van der Waals surface area (Å²) >= 11 is 5.87. The van der Waals surface area contributed by atoms with Crippen LogP contribution < -0.4 is 0 Å². The van der Waals surface area contributed by atoms with E-state index in [1.54, 1.807) is 12.1 Å². The Balaban J connectivity index is 2.06. The van der Waals surface area contributed by atoms with Gasteiger partial charge >= 0.3 is 0 Å². The lowest BCUT2D eigenvalue weighted by Crippen LogP contribution is -1.91. The average molecular weight is 259 g/mol. The summed E-state index contributed by atoms with van der Waals surface area (Å²) in [6.45, 7) is 1.96. The first-order chi connectivity index (χ1) is 8.63. The van der Waals surface area contributed by atoms with Crippen molar-refractivity contribution in [2.75, 3.05) is 0 Å². The maximum atomic E-state index is 9.85. The quantitative estimate of drug-likeness (QED) is 0.799. The molecule has 0 amide bonds. The molecule has 0 spiro atoms. The molecule has 0 bridgehead atoms. The third-order valence-electron chi connectivity index (χ3n) is 2.99. The van der Waals surface area contributed by atoms with Gasteiger partial charge in [0.2, 0.25) is 0 Å². The third kappa shape index (κ3) is 1.87. The molecular weight excluding hydrogens is 248 g/mol. The monoisotopic (exact) mass is 258 g/mol. The van der Waals surface area contributed by atoms with E-state index >= 15 is 0 Å². The highest BCUT2D eigenvalue weighted by molar-refractivity contribution is 6.29. The van der Waals surface area contributed by atoms with Gasteiger partial charge in [-0.1, -0.05) is 17.7 Å². The molecule has 2 aromatic heterocycles. The van der Waals surface area contributed by atoms with Gasteiger partial charge in [0.1, 0.15) is 16.6 Å². The number of rotatable bonds is 1. The van der Waals surface area contributed by atoms with Crippen molar-refractivity contribution in [2.45, 2.75) is 13.3 Å². The van der Waals surface area contributed by atoms with Crippen molar-refractivity contribution in [3.05, 3.63) is 52.1 Å². The summed E-state index contributed by atoms with van der Waals surface area (Å²) in [6, 6.07) is 7.18. The normalized spacial score (nSPS) is 13.3. The molecule has 2 heterocycles. The summed E-state index contributed by atoms with van der Waals surface area (Å²) < 4.78 is 0. The number of aromatic nitrogens is 2. The number of allylic oxidation sites excluding steroid dienone is 1. The molecule has 1 N–H and O–H groups in total. The number of hydrogen-bond donors (Lipinski definition) is 1. The minimum Gasteiger partial charge on any atom is -0.506 e. The number of nitrogens with zero attached hydrogens (tertiary/aromatic N) is 2. The second-order valence-electron chi connectivity index (χ2n) is 4.35. The van der Waals surface area contributed by atoms with E-state index in [4.69, 9.17) is 11.6 Å². The van der Waals surface area contributed by atoms with Gasteiger partial charge in [0, 0.05) is 12.1 Å². The average Bonchev–Trinajstić information content (AvgIpc) is 2.74. The van der Waals surface area contributed by atoms with E-state index < -0.39 is 0 Å². The molecule has 4 heteroatoms. The number of fused-ring (bicyclic) bond motifs is 1. The fourth-order valence-corrected chi connectivity index (χ4v) is 2.27. The van der Waals surface area contributed by atoms with Gasteiger partial charge in [-0.2, -0.15) is 0 Å². The predicted molar refractivity (Wildman–Crippen MR) is 71.5 cm³/mol. The zero-order valence-electron chi connectivity index (χ0n) is 9.81. The van der Waals surface area contributed by atoms with Crippen LogP contribution in [0.2, 0.25) is 5.15 Å². The Morgan fingerprint density at radius 2 is 2.00 bits per heavy atom. The van der Waals surface area contributed by atoms with Gasteiger partial charge in [-0.15, -0.1) is 0 Å². The lowest BCUT2D eigenvalue weighted by atomic mass is 10.1. The molecule has 1 aliphatic rings. The number of aromatic hydroxyl groups is 1. The Bertz CT molecular complexity index is 665. The number of hydrogen-bond acceptors (Lipinski definition) is 3. The summed E-state index contributed by atoms with van der Waals surface area (Å²) in [4.78, 5) is 8.64. The van der Waals surface area contributed by atoms with Crippen LogP contribution in [-0.4, -0.2) is 15.1 Å². The molecule has 18 heavy (non-hydrogen) atoms. The minimum atomic E-state index is 0.148. The molecule has 0 atom stereocenters. The van der Waals surface area contributed by atoms with Crippen LogP contribution in [0.4, 0.5) is 0 Å². The van der Waals surface area contributed by atoms with Gasteiger partial charge in [0.25, 0.3) is 0 Å². The molecule has 3 rings (SSSR count). The molecule has 0 fully saturated rings. The lowest BCUT2D eigenvalue weighted by molar-refractivity contribution is 0.470. The number of halogens is 1. The van der Waals surface area contributed by atoms with E-state index in [0.717, 1.165) is 28.9 Å². The molecule has 3 nitrogen and oxygen atoms in total. The summed E-state index contributed by atoms with van der Waals surface area (Å²) in [6.07, 6.45) is 2.68. The zero-order chi connectivity index (χ0) is 12.7. The van der Waals surface area contributed by atoms with Gasteiger partial charge in [-0.3, -0.25) is 4.98 Å². The second kappa shape index (κ2) is 4.10. The van der Waals surface area contributed by atoms with Gasteiger partial charge in [-0.25, -0.2) is 4.98 Å². The molecule has 2 aromatic rings. The zero-order valence-corrected chi connectivity index (χ0v) is 10.6. The number of pyridine rings is 2. The van der Waals surface area contributed by atoms with Crippen molar-refractivity contribution < 1.29 is 5.11 Å². The predicted octanol–water partition coefficient (Wildman–Crippen LogP) is 3.24. The van der Waals surface area contributed by atoms with Crippen LogP contribution in [0.15, 0.2) is 24.3 Å². The maximum Gasteiger partial charge on any atom is 0.141 e. The molecule has 0 aromatic carbocycles. The highest BCUT2D eigenvalue weighted by Crippen LogP contribution is 2.34. The van der Waals surface area contributed by atoms with Crippen LogP contribution in [0.3, 0.4) is 0 Å². The van der Waals surface area contributed by atoms with Crippen molar-refractivity contribution >= 4 is 23.3 Å². The van der Waals surface area contributed by atoms with Crippen LogP contribution in [-0.2, 0) is 6.42 Å². The van der Waals surface area contributed by atoms with Gasteiger partial charge < -0.3 is 5.11 Å².